The van der Waals surface area contributed by atoms with E-state index in [-0.39, 0.29) is 5.69 Å². The Kier molecular flexibility index (Phi) is 4.47. The van der Waals surface area contributed by atoms with Crippen molar-refractivity contribution in [1.82, 2.24) is 0 Å². The molecule has 0 atom stereocenters. The van der Waals surface area contributed by atoms with E-state index >= 15 is 0 Å². The number of nitrogens with one attached hydrogen (secondary N) is 1. The molecule has 1 aromatic carbocycles. The van der Waals surface area contributed by atoms with Crippen LogP contribution in [-0.4, -0.2) is 31.1 Å². The number of aromatic nitrogens is 1. The van der Waals surface area contributed by atoms with Gasteiger partial charge in [0.2, 0.25) is 0 Å². The van der Waals surface area contributed by atoms with E-state index in [0.717, 1.165) is 11.8 Å². The summed E-state index contributed by atoms with van der Waals surface area (Å²) in [6, 6.07) is 6.54. The maximum atomic E-state index is 12.8. The minimum Gasteiger partial charge on any atom is -0.368 e. The van der Waals surface area contributed by atoms with Gasteiger partial charge in [0.15, 0.2) is 12.4 Å². The van der Waals surface area contributed by atoms with Gasteiger partial charge >= 0.3 is 6.18 Å². The minimum atomic E-state index is -4.60. The average molecular weight is 353 g/mol. The lowest BCUT2D eigenvalue weighted by Crippen LogP contribution is -2.46. The summed E-state index contributed by atoms with van der Waals surface area (Å²) in [7, 11) is 0. The molecule has 3 rings (SSSR count). The van der Waals surface area contributed by atoms with Gasteiger partial charge in [0, 0.05) is 50.1 Å². The summed E-state index contributed by atoms with van der Waals surface area (Å²) in [5, 5.41) is 11.2. The third-order valence-electron chi connectivity index (χ3n) is 4.19. The van der Waals surface area contributed by atoms with Crippen molar-refractivity contribution in [2.45, 2.75) is 6.18 Å². The highest BCUT2D eigenvalue weighted by atomic mass is 19.4. The van der Waals surface area contributed by atoms with Crippen LogP contribution in [0.2, 0.25) is 0 Å². The number of halogens is 3. The van der Waals surface area contributed by atoms with Crippen LogP contribution in [0.3, 0.4) is 0 Å². The number of nitro benzene ring substituents is 1. The zero-order valence-corrected chi connectivity index (χ0v) is 13.2. The average Bonchev–Trinajstić information content (AvgIpc) is 2.61. The second-order valence-electron chi connectivity index (χ2n) is 5.69. The summed E-state index contributed by atoms with van der Waals surface area (Å²) < 4.78 is 38.4. The monoisotopic (exact) mass is 353 g/mol. The number of aromatic amines is 1. The number of benzene rings is 1. The summed E-state index contributed by atoms with van der Waals surface area (Å²) in [4.78, 5) is 17.3. The number of rotatable bonds is 3. The van der Waals surface area contributed by atoms with Crippen molar-refractivity contribution in [3.05, 3.63) is 58.4 Å². The van der Waals surface area contributed by atoms with Crippen molar-refractivity contribution in [2.24, 2.45) is 0 Å². The quantitative estimate of drug-likeness (QED) is 0.629. The lowest BCUT2D eigenvalue weighted by Gasteiger charge is -2.36. The first-order valence-electron chi connectivity index (χ1n) is 7.68. The number of alkyl halides is 3. The highest BCUT2D eigenvalue weighted by Gasteiger charge is 2.34. The molecule has 0 unspecified atom stereocenters. The Morgan fingerprint density at radius 1 is 1.00 bits per heavy atom. The summed E-state index contributed by atoms with van der Waals surface area (Å²) >= 11 is 0. The Morgan fingerprint density at radius 3 is 2.16 bits per heavy atom. The Morgan fingerprint density at radius 2 is 1.60 bits per heavy atom. The van der Waals surface area contributed by atoms with Crippen LogP contribution in [0.1, 0.15) is 5.56 Å². The fourth-order valence-corrected chi connectivity index (χ4v) is 2.91. The van der Waals surface area contributed by atoms with E-state index in [0.29, 0.717) is 32.2 Å². The van der Waals surface area contributed by atoms with Crippen molar-refractivity contribution in [3.8, 4) is 0 Å². The number of pyridine rings is 1. The minimum absolute atomic E-state index is 0.221. The van der Waals surface area contributed by atoms with Gasteiger partial charge in [-0.25, -0.2) is 4.98 Å². The number of hydrogen-bond donors (Lipinski definition) is 0. The molecule has 0 aliphatic carbocycles. The van der Waals surface area contributed by atoms with Crippen LogP contribution in [0.4, 0.5) is 30.2 Å². The fraction of sp³-hybridized carbons (Fsp3) is 0.312. The molecule has 1 aliphatic rings. The highest BCUT2D eigenvalue weighted by Crippen LogP contribution is 2.36. The zero-order chi connectivity index (χ0) is 18.0. The maximum absolute atomic E-state index is 12.8. The molecule has 1 aliphatic heterocycles. The van der Waals surface area contributed by atoms with Gasteiger partial charge in [0.1, 0.15) is 5.69 Å². The fourth-order valence-electron chi connectivity index (χ4n) is 2.91. The smallest absolute Gasteiger partial charge is 0.368 e. The number of nitrogens with zero attached hydrogens (tertiary/aromatic N) is 3. The second-order valence-corrected chi connectivity index (χ2v) is 5.69. The molecule has 1 saturated heterocycles. The van der Waals surface area contributed by atoms with E-state index in [1.165, 1.54) is 6.07 Å². The largest absolute Gasteiger partial charge is 0.416 e. The third-order valence-corrected chi connectivity index (χ3v) is 4.19. The molecule has 0 radical (unpaired) electrons. The van der Waals surface area contributed by atoms with Crippen molar-refractivity contribution in [2.75, 3.05) is 36.0 Å². The molecule has 0 saturated carbocycles. The molecule has 25 heavy (non-hydrogen) atoms. The standard InChI is InChI=1S/C16H15F3N4O2/c17-16(18,19)12-1-2-14(15(11-12)23(24)25)22-9-7-21(8-10-22)13-3-5-20-6-4-13/h1-6,11H,7-10H2/p+1. The molecule has 1 fully saturated rings. The van der Waals surface area contributed by atoms with Crippen molar-refractivity contribution < 1.29 is 23.1 Å². The molecule has 132 valence electrons. The van der Waals surface area contributed by atoms with Gasteiger partial charge in [-0.15, -0.1) is 0 Å². The van der Waals surface area contributed by atoms with Gasteiger partial charge < -0.3 is 9.80 Å². The summed E-state index contributed by atoms with van der Waals surface area (Å²) in [5.41, 5.74) is -0.279. The van der Waals surface area contributed by atoms with E-state index in [2.05, 4.69) is 9.88 Å². The Balaban J connectivity index is 1.80. The van der Waals surface area contributed by atoms with Gasteiger partial charge in [-0.2, -0.15) is 13.2 Å². The number of nitro groups is 1. The predicted molar refractivity (Wildman–Crippen MR) is 85.5 cm³/mol. The second kappa shape index (κ2) is 6.58. The van der Waals surface area contributed by atoms with Gasteiger partial charge in [-0.3, -0.25) is 10.1 Å². The van der Waals surface area contributed by atoms with E-state index in [1.807, 2.05) is 24.5 Å². The van der Waals surface area contributed by atoms with Gasteiger partial charge in [-0.05, 0) is 12.1 Å². The molecule has 9 heteroatoms. The first-order valence-corrected chi connectivity index (χ1v) is 7.68. The summed E-state index contributed by atoms with van der Waals surface area (Å²) in [5.74, 6) is 0. The Hall–Kier alpha value is -2.84. The van der Waals surface area contributed by atoms with Crippen LogP contribution in [-0.2, 0) is 6.18 Å². The molecule has 0 bridgehead atoms. The van der Waals surface area contributed by atoms with Gasteiger partial charge in [0.25, 0.3) is 5.69 Å². The first-order chi connectivity index (χ1) is 11.9. The lowest BCUT2D eigenvalue weighted by molar-refractivity contribution is -0.384. The topological polar surface area (TPSA) is 63.8 Å². The molecular weight excluding hydrogens is 337 g/mol. The Bertz CT molecular complexity index is 760. The summed E-state index contributed by atoms with van der Waals surface area (Å²) in [6.07, 6.45) is -0.989. The maximum Gasteiger partial charge on any atom is 0.416 e. The van der Waals surface area contributed by atoms with E-state index in [9.17, 15) is 23.3 Å². The van der Waals surface area contributed by atoms with Gasteiger partial charge in [0.05, 0.1) is 10.5 Å². The Labute approximate surface area is 141 Å². The van der Waals surface area contributed by atoms with Crippen LogP contribution < -0.4 is 14.8 Å². The van der Waals surface area contributed by atoms with Crippen LogP contribution in [0, 0.1) is 10.1 Å². The van der Waals surface area contributed by atoms with E-state index in [4.69, 9.17) is 0 Å². The molecule has 2 aromatic rings. The first kappa shape index (κ1) is 17.0. The number of hydrogen-bond acceptors (Lipinski definition) is 4. The van der Waals surface area contributed by atoms with Crippen LogP contribution in [0.15, 0.2) is 42.7 Å². The van der Waals surface area contributed by atoms with Crippen LogP contribution in [0.25, 0.3) is 0 Å². The van der Waals surface area contributed by atoms with Crippen molar-refractivity contribution in [1.29, 1.82) is 0 Å². The molecular formula is C16H16F3N4O2+. The molecule has 6 nitrogen and oxygen atoms in total. The zero-order valence-electron chi connectivity index (χ0n) is 13.2. The normalized spacial score (nSPS) is 15.3. The van der Waals surface area contributed by atoms with Crippen LogP contribution >= 0.6 is 0 Å². The van der Waals surface area contributed by atoms with E-state index in [1.54, 1.807) is 4.90 Å². The third kappa shape index (κ3) is 3.65. The number of piperazine rings is 1. The molecule has 0 amide bonds. The van der Waals surface area contributed by atoms with E-state index < -0.39 is 22.4 Å². The van der Waals surface area contributed by atoms with Crippen LogP contribution in [0.5, 0.6) is 0 Å². The van der Waals surface area contributed by atoms with Crippen molar-refractivity contribution in [3.63, 3.8) is 0 Å². The van der Waals surface area contributed by atoms with Crippen molar-refractivity contribution >= 4 is 17.1 Å². The molecule has 2 heterocycles. The molecule has 1 N–H and O–H groups in total. The van der Waals surface area contributed by atoms with Gasteiger partial charge in [-0.1, -0.05) is 0 Å². The predicted octanol–water partition coefficient (Wildman–Crippen LogP) is 2.75. The number of H-pyrrole nitrogens is 1. The number of anilines is 2. The molecule has 0 spiro atoms. The summed E-state index contributed by atoms with van der Waals surface area (Å²) in [6.45, 7) is 2.24. The lowest BCUT2D eigenvalue weighted by atomic mass is 10.1. The SMILES string of the molecule is O=[N+]([O-])c1cc(C(F)(F)F)ccc1N1CCN(c2cc[nH+]cc2)CC1. The molecule has 1 aromatic heterocycles. The highest BCUT2D eigenvalue weighted by molar-refractivity contribution is 5.65.